The SMILES string of the molecule is C[C@@H](Nc1ncnc2c1CN(c1ccccc1F)C(=O)C21CN(CCF)C1)c1cc(N)cc(C(F)(F)F)c1. The van der Waals surface area contributed by atoms with Crippen LogP contribution in [0.3, 0.4) is 0 Å². The number of alkyl halides is 4. The van der Waals surface area contributed by atoms with Crippen molar-refractivity contribution in [1.82, 2.24) is 14.9 Å². The van der Waals surface area contributed by atoms with Gasteiger partial charge in [0, 0.05) is 30.9 Å². The van der Waals surface area contributed by atoms with Crippen LogP contribution in [0.4, 0.5) is 39.1 Å². The number of nitrogens with one attached hydrogen (secondary N) is 1. The van der Waals surface area contributed by atoms with Gasteiger partial charge in [0.15, 0.2) is 0 Å². The number of nitrogens with zero attached hydrogens (tertiary/aromatic N) is 4. The predicted octanol–water partition coefficient (Wildman–Crippen LogP) is 4.46. The molecule has 7 nitrogen and oxygen atoms in total. The van der Waals surface area contributed by atoms with Crippen molar-refractivity contribution in [2.45, 2.75) is 31.1 Å². The van der Waals surface area contributed by atoms with E-state index in [2.05, 4.69) is 15.3 Å². The number of fused-ring (bicyclic) bond motifs is 2. The Morgan fingerprint density at radius 1 is 1.16 bits per heavy atom. The summed E-state index contributed by atoms with van der Waals surface area (Å²) in [4.78, 5) is 25.6. The minimum atomic E-state index is -4.57. The van der Waals surface area contributed by atoms with Gasteiger partial charge in [-0.15, -0.1) is 0 Å². The number of anilines is 3. The Balaban J connectivity index is 1.55. The third kappa shape index (κ3) is 4.42. The molecule has 38 heavy (non-hydrogen) atoms. The largest absolute Gasteiger partial charge is 0.416 e. The van der Waals surface area contributed by atoms with E-state index in [-0.39, 0.29) is 49.0 Å². The van der Waals surface area contributed by atoms with Gasteiger partial charge in [0.2, 0.25) is 5.91 Å². The zero-order valence-corrected chi connectivity index (χ0v) is 20.4. The number of nitrogen functional groups attached to an aromatic ring is 1. The number of hydrogen-bond donors (Lipinski definition) is 2. The fourth-order valence-electron chi connectivity index (χ4n) is 5.21. The minimum Gasteiger partial charge on any atom is -0.399 e. The minimum absolute atomic E-state index is 0.0362. The van der Waals surface area contributed by atoms with E-state index in [0.717, 1.165) is 12.1 Å². The molecule has 0 aliphatic carbocycles. The first-order valence-electron chi connectivity index (χ1n) is 12.0. The molecule has 1 atom stereocenters. The zero-order valence-electron chi connectivity index (χ0n) is 20.4. The molecule has 5 rings (SSSR count). The normalized spacial score (nSPS) is 17.7. The van der Waals surface area contributed by atoms with Gasteiger partial charge in [-0.05, 0) is 42.8 Å². The Hall–Kier alpha value is -3.80. The van der Waals surface area contributed by atoms with E-state index in [4.69, 9.17) is 5.73 Å². The summed E-state index contributed by atoms with van der Waals surface area (Å²) in [7, 11) is 0. The van der Waals surface area contributed by atoms with E-state index in [1.807, 2.05) is 0 Å². The molecule has 3 heterocycles. The third-order valence-electron chi connectivity index (χ3n) is 7.06. The van der Waals surface area contributed by atoms with E-state index in [9.17, 15) is 26.7 Å². The molecule has 2 aliphatic rings. The van der Waals surface area contributed by atoms with E-state index in [0.29, 0.717) is 17.1 Å². The van der Waals surface area contributed by atoms with Gasteiger partial charge in [-0.25, -0.2) is 18.7 Å². The molecule has 1 saturated heterocycles. The first-order chi connectivity index (χ1) is 18.0. The Labute approximate surface area is 215 Å². The highest BCUT2D eigenvalue weighted by Gasteiger charge is 2.57. The number of benzene rings is 2. The Bertz CT molecular complexity index is 1370. The Morgan fingerprint density at radius 3 is 2.58 bits per heavy atom. The molecule has 0 unspecified atom stereocenters. The molecule has 3 N–H and O–H groups in total. The van der Waals surface area contributed by atoms with Crippen molar-refractivity contribution in [3.63, 3.8) is 0 Å². The summed E-state index contributed by atoms with van der Waals surface area (Å²) >= 11 is 0. The smallest absolute Gasteiger partial charge is 0.399 e. The number of carbonyl (C=O) groups excluding carboxylic acids is 1. The molecule has 1 aromatic heterocycles. The average molecular weight is 533 g/mol. The lowest BCUT2D eigenvalue weighted by atomic mass is 9.71. The number of hydrogen-bond acceptors (Lipinski definition) is 6. The molecule has 1 fully saturated rings. The van der Waals surface area contributed by atoms with Gasteiger partial charge in [0.05, 0.1) is 29.5 Å². The lowest BCUT2D eigenvalue weighted by Gasteiger charge is -2.52. The van der Waals surface area contributed by atoms with Crippen molar-refractivity contribution in [2.75, 3.05) is 42.3 Å². The van der Waals surface area contributed by atoms with Crippen LogP contribution >= 0.6 is 0 Å². The van der Waals surface area contributed by atoms with E-state index < -0.39 is 35.7 Å². The van der Waals surface area contributed by atoms with Gasteiger partial charge in [-0.1, -0.05) is 12.1 Å². The van der Waals surface area contributed by atoms with Gasteiger partial charge in [0.25, 0.3) is 0 Å². The highest BCUT2D eigenvalue weighted by molar-refractivity contribution is 6.04. The number of likely N-dealkylation sites (tertiary alicyclic amines) is 1. The first-order valence-corrected chi connectivity index (χ1v) is 12.0. The molecule has 2 aliphatic heterocycles. The number of rotatable bonds is 6. The average Bonchev–Trinajstić information content (AvgIpc) is 2.84. The fraction of sp³-hybridized carbons (Fsp3) is 0.346. The first kappa shape index (κ1) is 25.8. The Kier molecular flexibility index (Phi) is 6.46. The second-order valence-electron chi connectivity index (χ2n) is 9.63. The number of aromatic nitrogens is 2. The number of nitrogens with two attached hydrogens (primary N) is 1. The topological polar surface area (TPSA) is 87.4 Å². The second kappa shape index (κ2) is 9.50. The third-order valence-corrected chi connectivity index (χ3v) is 7.06. The summed E-state index contributed by atoms with van der Waals surface area (Å²) in [6.45, 7) is 1.57. The second-order valence-corrected chi connectivity index (χ2v) is 9.63. The van der Waals surface area contributed by atoms with E-state index in [1.165, 1.54) is 35.5 Å². The van der Waals surface area contributed by atoms with Crippen molar-refractivity contribution in [3.05, 3.63) is 77.0 Å². The number of carbonyl (C=O) groups is 1. The molecule has 1 spiro atoms. The van der Waals surface area contributed by atoms with Crippen LogP contribution in [0.1, 0.15) is 35.3 Å². The molecule has 12 heteroatoms. The number of halogens is 5. The monoisotopic (exact) mass is 532 g/mol. The van der Waals surface area contributed by atoms with Crippen LogP contribution in [0.5, 0.6) is 0 Å². The summed E-state index contributed by atoms with van der Waals surface area (Å²) in [5.74, 6) is -0.636. The molecular formula is C26H25F5N6O. The van der Waals surface area contributed by atoms with Crippen molar-refractivity contribution >= 4 is 23.1 Å². The molecule has 200 valence electrons. The quantitative estimate of drug-likeness (QED) is 0.360. The maximum atomic E-state index is 14.8. The molecule has 3 aromatic rings. The van der Waals surface area contributed by atoms with Gasteiger partial charge in [0.1, 0.15) is 30.1 Å². The van der Waals surface area contributed by atoms with Crippen molar-refractivity contribution in [2.24, 2.45) is 0 Å². The predicted molar refractivity (Wildman–Crippen MR) is 132 cm³/mol. The summed E-state index contributed by atoms with van der Waals surface area (Å²) in [5.41, 5.74) is 5.04. The van der Waals surface area contributed by atoms with Gasteiger partial charge in [-0.2, -0.15) is 13.2 Å². The van der Waals surface area contributed by atoms with Crippen LogP contribution in [0.15, 0.2) is 48.8 Å². The molecule has 1 amide bonds. The fourth-order valence-corrected chi connectivity index (χ4v) is 5.21. The lowest BCUT2D eigenvalue weighted by molar-refractivity contribution is -0.137. The molecule has 0 bridgehead atoms. The van der Waals surface area contributed by atoms with Crippen molar-refractivity contribution in [3.8, 4) is 0 Å². The van der Waals surface area contributed by atoms with Crippen LogP contribution in [-0.2, 0) is 22.9 Å². The van der Waals surface area contributed by atoms with Crippen LogP contribution in [0.25, 0.3) is 0 Å². The van der Waals surface area contributed by atoms with Crippen molar-refractivity contribution in [1.29, 1.82) is 0 Å². The maximum absolute atomic E-state index is 14.8. The Morgan fingerprint density at radius 2 is 1.89 bits per heavy atom. The van der Waals surface area contributed by atoms with E-state index in [1.54, 1.807) is 17.9 Å². The summed E-state index contributed by atoms with van der Waals surface area (Å²) in [5, 5.41) is 3.14. The van der Waals surface area contributed by atoms with Crippen LogP contribution in [0, 0.1) is 5.82 Å². The van der Waals surface area contributed by atoms with Gasteiger partial charge < -0.3 is 16.0 Å². The lowest BCUT2D eigenvalue weighted by Crippen LogP contribution is -2.69. The molecule has 0 saturated carbocycles. The van der Waals surface area contributed by atoms with Crippen molar-refractivity contribution < 1.29 is 26.7 Å². The summed E-state index contributed by atoms with van der Waals surface area (Å²) in [6.07, 6.45) is -3.29. The molecular weight excluding hydrogens is 507 g/mol. The zero-order chi connectivity index (χ0) is 27.2. The highest BCUT2D eigenvalue weighted by Crippen LogP contribution is 2.44. The van der Waals surface area contributed by atoms with Crippen LogP contribution in [-0.4, -0.2) is 47.1 Å². The van der Waals surface area contributed by atoms with E-state index >= 15 is 0 Å². The van der Waals surface area contributed by atoms with Crippen LogP contribution in [0.2, 0.25) is 0 Å². The molecule has 0 radical (unpaired) electrons. The standard InChI is InChI=1S/C26H25F5N6O/c1-15(16-8-17(26(29,30)31)10-18(32)9-16)35-23-19-11-37(21-5-3-2-4-20(21)28)24(38)25(22(19)33-14-34-23)12-36(13-25)7-6-27/h2-5,8-10,14-15H,6-7,11-13,32H2,1H3,(H,33,34,35)/t15-/m1/s1. The number of para-hydroxylation sites is 1. The maximum Gasteiger partial charge on any atom is 0.416 e. The van der Waals surface area contributed by atoms with Gasteiger partial charge >= 0.3 is 6.18 Å². The summed E-state index contributed by atoms with van der Waals surface area (Å²) in [6, 6.07) is 8.54. The van der Waals surface area contributed by atoms with Gasteiger partial charge in [-0.3, -0.25) is 9.69 Å². The molecule has 2 aromatic carbocycles. The van der Waals surface area contributed by atoms with Crippen LogP contribution < -0.4 is 16.0 Å². The highest BCUT2D eigenvalue weighted by atomic mass is 19.4. The number of amides is 1. The summed E-state index contributed by atoms with van der Waals surface area (Å²) < 4.78 is 67.9.